The van der Waals surface area contributed by atoms with Crippen molar-refractivity contribution in [2.45, 2.75) is 26.4 Å². The lowest BCUT2D eigenvalue weighted by Crippen LogP contribution is -2.32. The van der Waals surface area contributed by atoms with Crippen LogP contribution in [0.15, 0.2) is 22.7 Å². The summed E-state index contributed by atoms with van der Waals surface area (Å²) >= 11 is 5.74. The third-order valence-corrected chi connectivity index (χ3v) is 4.79. The smallest absolute Gasteiger partial charge is 0.0378 e. The van der Waals surface area contributed by atoms with E-state index in [4.69, 9.17) is 0 Å². The number of rotatable bonds is 4. The van der Waals surface area contributed by atoms with Crippen LogP contribution in [0, 0.1) is 0 Å². The third-order valence-electron chi connectivity index (χ3n) is 3.11. The Bertz CT molecular complexity index is 389. The van der Waals surface area contributed by atoms with E-state index in [0.717, 1.165) is 6.54 Å². The van der Waals surface area contributed by atoms with Crippen LogP contribution in [0.1, 0.15) is 19.4 Å². The van der Waals surface area contributed by atoms with E-state index < -0.39 is 0 Å². The van der Waals surface area contributed by atoms with Crippen molar-refractivity contribution in [2.75, 3.05) is 29.5 Å². The summed E-state index contributed by atoms with van der Waals surface area (Å²) in [5.74, 6) is 2.49. The van der Waals surface area contributed by atoms with Crippen LogP contribution >= 0.6 is 27.7 Å². The molecule has 0 amide bonds. The number of thioether (sulfide) groups is 1. The predicted octanol–water partition coefficient (Wildman–Crippen LogP) is 3.50. The topological polar surface area (TPSA) is 15.3 Å². The molecule has 0 atom stereocenters. The fraction of sp³-hybridized carbons (Fsp3) is 0.571. The maximum Gasteiger partial charge on any atom is 0.0378 e. The summed E-state index contributed by atoms with van der Waals surface area (Å²) in [6.07, 6.45) is 0. The maximum absolute atomic E-state index is 3.69. The van der Waals surface area contributed by atoms with Gasteiger partial charge >= 0.3 is 0 Å². The molecule has 0 bridgehead atoms. The van der Waals surface area contributed by atoms with Crippen molar-refractivity contribution in [1.29, 1.82) is 0 Å². The molecule has 0 spiro atoms. The van der Waals surface area contributed by atoms with Crippen molar-refractivity contribution in [1.82, 2.24) is 5.32 Å². The Morgan fingerprint density at radius 3 is 2.67 bits per heavy atom. The SMILES string of the molecule is CC(C)NCc1ccc(N2CCSCC2)cc1Br. The van der Waals surface area contributed by atoms with Crippen LogP contribution in [-0.4, -0.2) is 30.6 Å². The molecule has 0 aliphatic carbocycles. The minimum Gasteiger partial charge on any atom is -0.370 e. The summed E-state index contributed by atoms with van der Waals surface area (Å²) in [7, 11) is 0. The van der Waals surface area contributed by atoms with Crippen LogP contribution in [0.25, 0.3) is 0 Å². The number of hydrogen-bond acceptors (Lipinski definition) is 3. The fourth-order valence-electron chi connectivity index (χ4n) is 2.01. The average molecular weight is 329 g/mol. The van der Waals surface area contributed by atoms with Gasteiger partial charge in [0, 0.05) is 47.3 Å². The number of hydrogen-bond donors (Lipinski definition) is 1. The first kappa shape index (κ1) is 14.2. The van der Waals surface area contributed by atoms with E-state index in [9.17, 15) is 0 Å². The van der Waals surface area contributed by atoms with Gasteiger partial charge in [-0.15, -0.1) is 0 Å². The first-order valence-electron chi connectivity index (χ1n) is 6.51. The standard InChI is InChI=1S/C14H21BrN2S/c1-11(2)16-10-12-3-4-13(9-14(12)15)17-5-7-18-8-6-17/h3-4,9,11,16H,5-8,10H2,1-2H3. The van der Waals surface area contributed by atoms with E-state index in [1.807, 2.05) is 11.8 Å². The lowest BCUT2D eigenvalue weighted by Gasteiger charge is -2.29. The van der Waals surface area contributed by atoms with Gasteiger partial charge in [0.05, 0.1) is 0 Å². The molecule has 1 aliphatic heterocycles. The zero-order valence-corrected chi connectivity index (χ0v) is 13.5. The average Bonchev–Trinajstić information content (AvgIpc) is 2.38. The summed E-state index contributed by atoms with van der Waals surface area (Å²) in [6, 6.07) is 7.26. The molecule has 2 nitrogen and oxygen atoms in total. The summed E-state index contributed by atoms with van der Waals surface area (Å²) in [4.78, 5) is 2.47. The summed E-state index contributed by atoms with van der Waals surface area (Å²) in [5, 5.41) is 3.45. The third kappa shape index (κ3) is 3.90. The van der Waals surface area contributed by atoms with Crippen LogP contribution in [0.2, 0.25) is 0 Å². The molecule has 0 aromatic heterocycles. The number of benzene rings is 1. The normalized spacial score (nSPS) is 16.3. The lowest BCUT2D eigenvalue weighted by atomic mass is 10.2. The highest BCUT2D eigenvalue weighted by Gasteiger charge is 2.12. The molecular formula is C14H21BrN2S. The molecule has 1 aliphatic rings. The maximum atomic E-state index is 3.69. The molecule has 1 N–H and O–H groups in total. The molecule has 0 radical (unpaired) electrons. The Morgan fingerprint density at radius 2 is 2.06 bits per heavy atom. The highest BCUT2D eigenvalue weighted by atomic mass is 79.9. The van der Waals surface area contributed by atoms with E-state index in [2.05, 4.69) is 58.2 Å². The minimum atomic E-state index is 0.524. The molecule has 18 heavy (non-hydrogen) atoms. The zero-order valence-electron chi connectivity index (χ0n) is 11.1. The van der Waals surface area contributed by atoms with Crippen LogP contribution < -0.4 is 10.2 Å². The van der Waals surface area contributed by atoms with Crippen molar-refractivity contribution in [2.24, 2.45) is 0 Å². The van der Waals surface area contributed by atoms with Gasteiger partial charge in [-0.25, -0.2) is 0 Å². The molecular weight excluding hydrogens is 308 g/mol. The van der Waals surface area contributed by atoms with Gasteiger partial charge < -0.3 is 10.2 Å². The first-order valence-corrected chi connectivity index (χ1v) is 8.46. The van der Waals surface area contributed by atoms with Crippen molar-refractivity contribution in [3.63, 3.8) is 0 Å². The van der Waals surface area contributed by atoms with Crippen molar-refractivity contribution in [3.8, 4) is 0 Å². The van der Waals surface area contributed by atoms with E-state index in [-0.39, 0.29) is 0 Å². The van der Waals surface area contributed by atoms with Gasteiger partial charge in [0.1, 0.15) is 0 Å². The first-order chi connectivity index (χ1) is 8.66. The van der Waals surface area contributed by atoms with E-state index in [1.165, 1.54) is 40.3 Å². The Morgan fingerprint density at radius 1 is 1.33 bits per heavy atom. The van der Waals surface area contributed by atoms with Gasteiger partial charge in [0.15, 0.2) is 0 Å². The van der Waals surface area contributed by atoms with Crippen LogP contribution in [0.3, 0.4) is 0 Å². The van der Waals surface area contributed by atoms with Gasteiger partial charge in [-0.1, -0.05) is 35.8 Å². The van der Waals surface area contributed by atoms with E-state index >= 15 is 0 Å². The number of nitrogens with zero attached hydrogens (tertiary/aromatic N) is 1. The van der Waals surface area contributed by atoms with Crippen LogP contribution in [0.4, 0.5) is 5.69 Å². The molecule has 1 aromatic rings. The second-order valence-corrected chi connectivity index (χ2v) is 6.99. The number of nitrogens with one attached hydrogen (secondary N) is 1. The zero-order chi connectivity index (χ0) is 13.0. The Balaban J connectivity index is 2.04. The highest BCUT2D eigenvalue weighted by Crippen LogP contribution is 2.26. The molecule has 100 valence electrons. The molecule has 1 fully saturated rings. The molecule has 0 unspecified atom stereocenters. The molecule has 0 saturated carbocycles. The lowest BCUT2D eigenvalue weighted by molar-refractivity contribution is 0.588. The Labute approximate surface area is 123 Å². The Kier molecular flexibility index (Phi) is 5.39. The number of halogens is 1. The van der Waals surface area contributed by atoms with E-state index in [0.29, 0.717) is 6.04 Å². The van der Waals surface area contributed by atoms with Crippen LogP contribution in [0.5, 0.6) is 0 Å². The number of anilines is 1. The summed E-state index contributed by atoms with van der Waals surface area (Å²) < 4.78 is 1.21. The van der Waals surface area contributed by atoms with Crippen molar-refractivity contribution >= 4 is 33.4 Å². The monoisotopic (exact) mass is 328 g/mol. The van der Waals surface area contributed by atoms with Gasteiger partial charge in [0.2, 0.25) is 0 Å². The molecule has 1 saturated heterocycles. The highest BCUT2D eigenvalue weighted by molar-refractivity contribution is 9.10. The van der Waals surface area contributed by atoms with Gasteiger partial charge in [-0.3, -0.25) is 0 Å². The molecule has 2 rings (SSSR count). The summed E-state index contributed by atoms with van der Waals surface area (Å²) in [6.45, 7) is 7.61. The molecule has 1 aromatic carbocycles. The largest absolute Gasteiger partial charge is 0.370 e. The van der Waals surface area contributed by atoms with Gasteiger partial charge in [-0.05, 0) is 17.7 Å². The molecule has 4 heteroatoms. The van der Waals surface area contributed by atoms with Gasteiger partial charge in [-0.2, -0.15) is 11.8 Å². The molecule has 1 heterocycles. The van der Waals surface area contributed by atoms with Crippen LogP contribution in [-0.2, 0) is 6.54 Å². The van der Waals surface area contributed by atoms with E-state index in [1.54, 1.807) is 0 Å². The minimum absolute atomic E-state index is 0.524. The quantitative estimate of drug-likeness (QED) is 0.910. The second-order valence-electron chi connectivity index (χ2n) is 4.91. The predicted molar refractivity (Wildman–Crippen MR) is 85.7 cm³/mol. The van der Waals surface area contributed by atoms with Crippen molar-refractivity contribution in [3.05, 3.63) is 28.2 Å². The fourth-order valence-corrected chi connectivity index (χ4v) is 3.42. The summed E-state index contributed by atoms with van der Waals surface area (Å²) in [5.41, 5.74) is 2.68. The second kappa shape index (κ2) is 6.83. The van der Waals surface area contributed by atoms with Gasteiger partial charge in [0.25, 0.3) is 0 Å². The van der Waals surface area contributed by atoms with Crippen molar-refractivity contribution < 1.29 is 0 Å². The Hall–Kier alpha value is -0.190.